The van der Waals surface area contributed by atoms with E-state index in [4.69, 9.17) is 4.74 Å². The summed E-state index contributed by atoms with van der Waals surface area (Å²) < 4.78 is 50.1. The van der Waals surface area contributed by atoms with Crippen LogP contribution in [0.15, 0.2) is 24.3 Å². The largest absolute Gasteiger partial charge is 0.417 e. The number of carbonyl (C=O) groups excluding carboxylic acids is 2. The van der Waals surface area contributed by atoms with Crippen molar-refractivity contribution in [3.8, 4) is 11.3 Å². The molecule has 1 aliphatic heterocycles. The van der Waals surface area contributed by atoms with Crippen molar-refractivity contribution in [2.24, 2.45) is 5.92 Å². The number of amides is 2. The fourth-order valence-electron chi connectivity index (χ4n) is 5.63. The van der Waals surface area contributed by atoms with E-state index in [1.807, 2.05) is 11.5 Å². The van der Waals surface area contributed by atoms with E-state index in [0.717, 1.165) is 50.3 Å². The molecule has 2 fully saturated rings. The number of hydrogen-bond donors (Lipinski definition) is 2. The first-order valence-electron chi connectivity index (χ1n) is 14.0. The number of ether oxygens (including phenoxy) is 1. The molecule has 0 atom stereocenters. The first-order valence-corrected chi connectivity index (χ1v) is 14.0. The number of benzene rings is 1. The zero-order valence-corrected chi connectivity index (χ0v) is 23.3. The van der Waals surface area contributed by atoms with Crippen LogP contribution < -0.4 is 10.6 Å². The molecule has 214 valence electrons. The Morgan fingerprint density at radius 3 is 2.23 bits per heavy atom. The number of nitrogens with one attached hydrogen (secondary N) is 2. The monoisotopic (exact) mass is 547 g/mol. The molecule has 9 heteroatoms. The van der Waals surface area contributed by atoms with Gasteiger partial charge in [0.05, 0.1) is 16.7 Å². The van der Waals surface area contributed by atoms with Crippen molar-refractivity contribution >= 4 is 11.8 Å². The van der Waals surface area contributed by atoms with Gasteiger partial charge in [-0.15, -0.1) is 0 Å². The van der Waals surface area contributed by atoms with Crippen LogP contribution in [0.5, 0.6) is 0 Å². The lowest BCUT2D eigenvalue weighted by Gasteiger charge is -2.25. The van der Waals surface area contributed by atoms with E-state index in [-0.39, 0.29) is 11.9 Å². The number of nitrogens with zero attached hydrogens (tertiary/aromatic N) is 1. The lowest BCUT2D eigenvalue weighted by molar-refractivity contribution is -0.137. The normalized spacial score (nSPS) is 17.7. The van der Waals surface area contributed by atoms with Crippen molar-refractivity contribution in [3.63, 3.8) is 0 Å². The van der Waals surface area contributed by atoms with Crippen LogP contribution in [0.1, 0.15) is 97.7 Å². The van der Waals surface area contributed by atoms with E-state index in [2.05, 4.69) is 10.6 Å². The second kappa shape index (κ2) is 11.7. The zero-order chi connectivity index (χ0) is 28.4. The van der Waals surface area contributed by atoms with Gasteiger partial charge < -0.3 is 19.9 Å². The second-order valence-electron chi connectivity index (χ2n) is 12.0. The van der Waals surface area contributed by atoms with E-state index in [1.54, 1.807) is 32.9 Å². The zero-order valence-electron chi connectivity index (χ0n) is 23.3. The van der Waals surface area contributed by atoms with Crippen molar-refractivity contribution in [2.75, 3.05) is 13.2 Å². The average molecular weight is 548 g/mol. The van der Waals surface area contributed by atoms with Crippen molar-refractivity contribution in [3.05, 3.63) is 46.6 Å². The number of carbonyl (C=O) groups is 2. The average Bonchev–Trinajstić information content (AvgIpc) is 3.19. The molecular formula is C30H40F3N3O3. The molecule has 39 heavy (non-hydrogen) atoms. The van der Waals surface area contributed by atoms with Crippen LogP contribution in [0.2, 0.25) is 0 Å². The highest BCUT2D eigenvalue weighted by Crippen LogP contribution is 2.37. The van der Waals surface area contributed by atoms with Gasteiger partial charge in [0, 0.05) is 42.7 Å². The number of aromatic nitrogens is 1. The quantitative estimate of drug-likeness (QED) is 0.434. The van der Waals surface area contributed by atoms with Gasteiger partial charge in [-0.2, -0.15) is 13.2 Å². The first-order chi connectivity index (χ1) is 18.3. The maximum Gasteiger partial charge on any atom is 0.417 e. The molecule has 6 nitrogen and oxygen atoms in total. The van der Waals surface area contributed by atoms with Crippen LogP contribution in [-0.2, 0) is 17.5 Å². The number of hydrogen-bond acceptors (Lipinski definition) is 3. The summed E-state index contributed by atoms with van der Waals surface area (Å²) in [5.74, 6) is -0.596. The molecule has 2 amide bonds. The van der Waals surface area contributed by atoms with Gasteiger partial charge in [-0.3, -0.25) is 9.59 Å². The van der Waals surface area contributed by atoms with E-state index in [9.17, 15) is 22.8 Å². The summed E-state index contributed by atoms with van der Waals surface area (Å²) in [5, 5.41) is 5.72. The minimum absolute atomic E-state index is 0.00763. The smallest absolute Gasteiger partial charge is 0.381 e. The highest BCUT2D eigenvalue weighted by atomic mass is 19.4. The van der Waals surface area contributed by atoms with Gasteiger partial charge in [-0.05, 0) is 83.1 Å². The summed E-state index contributed by atoms with van der Waals surface area (Å²) in [6.07, 6.45) is 2.31. The Hall–Kier alpha value is -2.81. The summed E-state index contributed by atoms with van der Waals surface area (Å²) in [4.78, 5) is 26.1. The number of alkyl halides is 3. The molecule has 0 radical (unpaired) electrons. The third-order valence-electron chi connectivity index (χ3n) is 7.69. The lowest BCUT2D eigenvalue weighted by Crippen LogP contribution is -2.41. The third kappa shape index (κ3) is 7.24. The summed E-state index contributed by atoms with van der Waals surface area (Å²) in [6, 6.07) is 5.56. The first kappa shape index (κ1) is 29.2. The molecule has 0 unspecified atom stereocenters. The Morgan fingerprint density at radius 2 is 1.62 bits per heavy atom. The third-order valence-corrected chi connectivity index (χ3v) is 7.69. The molecule has 0 bridgehead atoms. The predicted molar refractivity (Wildman–Crippen MR) is 145 cm³/mol. The highest BCUT2D eigenvalue weighted by molar-refractivity contribution is 5.98. The minimum atomic E-state index is -4.72. The van der Waals surface area contributed by atoms with Gasteiger partial charge in [0.25, 0.3) is 11.8 Å². The van der Waals surface area contributed by atoms with E-state index < -0.39 is 28.7 Å². The van der Waals surface area contributed by atoms with Crippen molar-refractivity contribution in [1.29, 1.82) is 0 Å². The molecule has 2 aliphatic rings. The topological polar surface area (TPSA) is 72.4 Å². The molecule has 4 rings (SSSR count). The Kier molecular flexibility index (Phi) is 8.78. The van der Waals surface area contributed by atoms with Crippen LogP contribution in [-0.4, -0.2) is 41.2 Å². The van der Waals surface area contributed by atoms with Gasteiger partial charge in [0.2, 0.25) is 0 Å². The van der Waals surface area contributed by atoms with Crippen LogP contribution >= 0.6 is 0 Å². The minimum Gasteiger partial charge on any atom is -0.381 e. The van der Waals surface area contributed by atoms with Gasteiger partial charge >= 0.3 is 6.18 Å². The van der Waals surface area contributed by atoms with Gasteiger partial charge in [0.1, 0.15) is 0 Å². The second-order valence-corrected chi connectivity index (χ2v) is 12.0. The molecule has 1 aliphatic carbocycles. The molecule has 1 aromatic heterocycles. The highest BCUT2D eigenvalue weighted by Gasteiger charge is 2.36. The van der Waals surface area contributed by atoms with E-state index in [0.29, 0.717) is 42.5 Å². The molecule has 0 spiro atoms. The van der Waals surface area contributed by atoms with Gasteiger partial charge in [-0.25, -0.2) is 0 Å². The lowest BCUT2D eigenvalue weighted by atomic mass is 9.89. The van der Waals surface area contributed by atoms with Crippen LogP contribution in [0.25, 0.3) is 11.3 Å². The van der Waals surface area contributed by atoms with Crippen molar-refractivity contribution in [2.45, 2.75) is 96.9 Å². The summed E-state index contributed by atoms with van der Waals surface area (Å²) >= 11 is 0. The Bertz CT molecular complexity index is 1180. The summed E-state index contributed by atoms with van der Waals surface area (Å²) in [6.45, 7) is 8.85. The van der Waals surface area contributed by atoms with Gasteiger partial charge in [0.15, 0.2) is 0 Å². The molecular weight excluding hydrogens is 507 g/mol. The van der Waals surface area contributed by atoms with Crippen LogP contribution in [0.3, 0.4) is 0 Å². The van der Waals surface area contributed by atoms with E-state index >= 15 is 0 Å². The molecule has 1 saturated heterocycles. The molecule has 2 aromatic rings. The number of halogens is 3. The molecule has 1 aromatic carbocycles. The molecule has 2 heterocycles. The SMILES string of the molecule is Cc1c(C(=O)NC2CCOCC2)cc(-c2ccc(C(=O)NC(C)(C)C)c(C(F)(F)F)c2)n1CC1CCCCC1. The fraction of sp³-hybridized carbons (Fsp3) is 0.600. The van der Waals surface area contributed by atoms with Crippen molar-refractivity contribution in [1.82, 2.24) is 15.2 Å². The standard InChI is InChI=1S/C30H40F3N3O3/c1-19-24(27(37)34-22-12-14-39-15-13-22)17-26(36(19)18-20-8-6-5-7-9-20)21-10-11-23(25(16-21)30(31,32)33)28(38)35-29(2,3)4/h10-11,16-17,20,22H,5-9,12-15,18H2,1-4H3,(H,34,37)(H,35,38). The Morgan fingerprint density at radius 1 is 0.949 bits per heavy atom. The maximum atomic E-state index is 14.2. The summed E-state index contributed by atoms with van der Waals surface area (Å²) in [5.41, 5.74) is 0.0107. The maximum absolute atomic E-state index is 14.2. The fourth-order valence-corrected chi connectivity index (χ4v) is 5.63. The molecule has 2 N–H and O–H groups in total. The van der Waals surface area contributed by atoms with Crippen molar-refractivity contribution < 1.29 is 27.5 Å². The van der Waals surface area contributed by atoms with Crippen LogP contribution in [0.4, 0.5) is 13.2 Å². The summed E-state index contributed by atoms with van der Waals surface area (Å²) in [7, 11) is 0. The Balaban J connectivity index is 1.75. The molecule has 1 saturated carbocycles. The van der Waals surface area contributed by atoms with Gasteiger partial charge in [-0.1, -0.05) is 25.3 Å². The predicted octanol–water partition coefficient (Wildman–Crippen LogP) is 6.50. The number of rotatable bonds is 6. The van der Waals surface area contributed by atoms with Crippen LogP contribution in [0, 0.1) is 12.8 Å². The van der Waals surface area contributed by atoms with E-state index in [1.165, 1.54) is 12.5 Å². The Labute approximate surface area is 228 Å².